The van der Waals surface area contributed by atoms with Crippen molar-refractivity contribution >= 4 is 11.9 Å². The summed E-state index contributed by atoms with van der Waals surface area (Å²) in [4.78, 5) is 24.3. The van der Waals surface area contributed by atoms with E-state index in [1.165, 1.54) is 109 Å². The molecule has 0 bridgehead atoms. The Morgan fingerprint density at radius 1 is 0.444 bits per heavy atom. The molecule has 0 aliphatic rings. The van der Waals surface area contributed by atoms with Gasteiger partial charge in [0.1, 0.15) is 6.61 Å². The zero-order valence-electron chi connectivity index (χ0n) is 35.2. The Kier molecular flexibility index (Phi) is 42.5. The minimum Gasteiger partial charge on any atom is -0.462 e. The summed E-state index contributed by atoms with van der Waals surface area (Å²) in [7, 11) is 0. The van der Waals surface area contributed by atoms with Crippen LogP contribution in [0.15, 0.2) is 72.9 Å². The molecule has 1 N–H and O–H groups in total. The van der Waals surface area contributed by atoms with Crippen LogP contribution in [-0.4, -0.2) is 36.4 Å². The maximum absolute atomic E-state index is 12.2. The largest absolute Gasteiger partial charge is 0.462 e. The number of hydrogen-bond acceptors (Lipinski definition) is 5. The second kappa shape index (κ2) is 44.7. The van der Waals surface area contributed by atoms with Crippen LogP contribution in [0.5, 0.6) is 0 Å². The molecule has 0 aromatic rings. The van der Waals surface area contributed by atoms with Crippen molar-refractivity contribution in [1.82, 2.24) is 0 Å². The van der Waals surface area contributed by atoms with Crippen LogP contribution >= 0.6 is 0 Å². The summed E-state index contributed by atoms with van der Waals surface area (Å²) in [5.74, 6) is -0.642. The lowest BCUT2D eigenvalue weighted by molar-refractivity contribution is -0.161. The van der Waals surface area contributed by atoms with E-state index in [1.807, 2.05) is 0 Å². The van der Waals surface area contributed by atoms with Gasteiger partial charge in [-0.3, -0.25) is 9.59 Å². The molecule has 0 aliphatic carbocycles. The maximum Gasteiger partial charge on any atom is 0.306 e. The fourth-order valence-electron chi connectivity index (χ4n) is 6.10. The second-order valence-electron chi connectivity index (χ2n) is 14.7. The molecule has 0 aromatic heterocycles. The number of aliphatic hydroxyl groups excluding tert-OH is 1. The fourth-order valence-corrected chi connectivity index (χ4v) is 6.10. The lowest BCUT2D eigenvalue weighted by atomic mass is 10.0. The number of allylic oxidation sites excluding steroid dienone is 12. The van der Waals surface area contributed by atoms with Crippen molar-refractivity contribution in [2.45, 2.75) is 213 Å². The number of esters is 2. The highest BCUT2D eigenvalue weighted by atomic mass is 16.6. The van der Waals surface area contributed by atoms with E-state index in [9.17, 15) is 14.7 Å². The quantitative estimate of drug-likeness (QED) is 0.0383. The second-order valence-corrected chi connectivity index (χ2v) is 14.7. The molecule has 54 heavy (non-hydrogen) atoms. The van der Waals surface area contributed by atoms with Crippen LogP contribution in [0, 0.1) is 0 Å². The average Bonchev–Trinajstić information content (AvgIpc) is 3.17. The molecule has 0 rings (SSSR count). The normalized spacial score (nSPS) is 12.9. The van der Waals surface area contributed by atoms with Crippen molar-refractivity contribution in [2.24, 2.45) is 0 Å². The van der Waals surface area contributed by atoms with Gasteiger partial charge in [0.05, 0.1) is 6.61 Å². The Morgan fingerprint density at radius 2 is 0.796 bits per heavy atom. The monoisotopic (exact) mass is 753 g/mol. The van der Waals surface area contributed by atoms with Crippen molar-refractivity contribution in [3.63, 3.8) is 0 Å². The summed E-state index contributed by atoms with van der Waals surface area (Å²) in [6, 6.07) is 0. The molecule has 0 spiro atoms. The maximum atomic E-state index is 12.2. The van der Waals surface area contributed by atoms with Crippen LogP contribution in [0.2, 0.25) is 0 Å². The topological polar surface area (TPSA) is 72.8 Å². The van der Waals surface area contributed by atoms with Crippen LogP contribution in [0.4, 0.5) is 0 Å². The summed E-state index contributed by atoms with van der Waals surface area (Å²) in [6.45, 7) is 3.98. The van der Waals surface area contributed by atoms with E-state index >= 15 is 0 Å². The summed E-state index contributed by atoms with van der Waals surface area (Å²) in [6.07, 6.45) is 59.8. The van der Waals surface area contributed by atoms with E-state index in [4.69, 9.17) is 9.47 Å². The van der Waals surface area contributed by atoms with Gasteiger partial charge in [-0.15, -0.1) is 0 Å². The summed E-state index contributed by atoms with van der Waals surface area (Å²) < 4.78 is 10.6. The number of rotatable bonds is 40. The van der Waals surface area contributed by atoms with E-state index in [2.05, 4.69) is 86.8 Å². The highest BCUT2D eigenvalue weighted by Crippen LogP contribution is 2.14. The Morgan fingerprint density at radius 3 is 1.24 bits per heavy atom. The summed E-state index contributed by atoms with van der Waals surface area (Å²) >= 11 is 0. The van der Waals surface area contributed by atoms with Gasteiger partial charge in [0.2, 0.25) is 0 Å². The van der Waals surface area contributed by atoms with Gasteiger partial charge in [-0.25, -0.2) is 0 Å². The molecule has 0 fully saturated rings. The van der Waals surface area contributed by atoms with Crippen molar-refractivity contribution in [2.75, 3.05) is 13.2 Å². The minimum absolute atomic E-state index is 0.0855. The molecule has 0 radical (unpaired) electrons. The third kappa shape index (κ3) is 42.1. The number of aliphatic hydroxyl groups is 1. The lowest BCUT2D eigenvalue weighted by Crippen LogP contribution is -2.28. The van der Waals surface area contributed by atoms with Crippen molar-refractivity contribution in [3.8, 4) is 0 Å². The first kappa shape index (κ1) is 51.3. The first-order valence-corrected chi connectivity index (χ1v) is 22.5. The van der Waals surface area contributed by atoms with Crippen molar-refractivity contribution in [1.29, 1.82) is 0 Å². The minimum atomic E-state index is -0.796. The number of ether oxygens (including phenoxy) is 2. The zero-order chi connectivity index (χ0) is 39.3. The van der Waals surface area contributed by atoms with Crippen LogP contribution in [0.1, 0.15) is 206 Å². The molecule has 0 aromatic carbocycles. The molecule has 0 saturated carbocycles. The molecule has 5 heteroatoms. The van der Waals surface area contributed by atoms with Crippen LogP contribution < -0.4 is 0 Å². The molecule has 310 valence electrons. The first-order valence-electron chi connectivity index (χ1n) is 22.5. The lowest BCUT2D eigenvalue weighted by Gasteiger charge is -2.15. The zero-order valence-corrected chi connectivity index (χ0v) is 35.2. The van der Waals surface area contributed by atoms with Gasteiger partial charge in [-0.1, -0.05) is 183 Å². The SMILES string of the molecule is CC/C=C\C/C=C\C/C=C\C/C=C\CCCCC(=O)OC(CO)COC(=O)CCCCCCCCCCCCCCC/C=C\C/C=C\CCCCCCC. The molecule has 1 unspecified atom stereocenters. The Balaban J connectivity index is 3.55. The van der Waals surface area contributed by atoms with E-state index < -0.39 is 6.10 Å². The Bertz CT molecular complexity index is 988. The number of hydrogen-bond donors (Lipinski definition) is 1. The Labute approximate surface area is 333 Å². The summed E-state index contributed by atoms with van der Waals surface area (Å²) in [5, 5.41) is 9.57. The third-order valence-corrected chi connectivity index (χ3v) is 9.48. The molecule has 1 atom stereocenters. The molecule has 0 amide bonds. The van der Waals surface area contributed by atoms with Crippen molar-refractivity contribution < 1.29 is 24.2 Å². The molecular weight excluding hydrogens is 669 g/mol. The first-order chi connectivity index (χ1) is 26.6. The van der Waals surface area contributed by atoms with Crippen LogP contribution in [0.25, 0.3) is 0 Å². The predicted molar refractivity (Wildman–Crippen MR) is 233 cm³/mol. The molecule has 0 aliphatic heterocycles. The summed E-state index contributed by atoms with van der Waals surface area (Å²) in [5.41, 5.74) is 0. The van der Waals surface area contributed by atoms with E-state index in [1.54, 1.807) is 0 Å². The molecule has 0 saturated heterocycles. The van der Waals surface area contributed by atoms with Gasteiger partial charge >= 0.3 is 11.9 Å². The van der Waals surface area contributed by atoms with Gasteiger partial charge in [0.15, 0.2) is 6.10 Å². The number of unbranched alkanes of at least 4 members (excludes halogenated alkanes) is 20. The smallest absolute Gasteiger partial charge is 0.306 e. The standard InChI is InChI=1S/C49H84O5/c1-3-5-7-9-11-13-15-17-19-20-21-22-23-24-25-26-27-28-30-31-33-35-37-39-41-43-48(51)53-46-47(45-50)54-49(52)44-42-40-38-36-34-32-29-18-16-14-12-10-8-6-4-2/h6,8,12,14-15,17-18,20-21,29,34,36,47,50H,3-5,7,9-11,13,16,19,22-28,30-33,35,37-46H2,1-2H3/b8-6-,14-12-,17-15-,21-20-,29-18-,36-34-. The fraction of sp³-hybridized carbons (Fsp3) is 0.714. The highest BCUT2D eigenvalue weighted by Gasteiger charge is 2.16. The van der Waals surface area contributed by atoms with Crippen LogP contribution in [0.3, 0.4) is 0 Å². The molecular formula is C49H84O5. The van der Waals surface area contributed by atoms with E-state index in [0.29, 0.717) is 12.8 Å². The highest BCUT2D eigenvalue weighted by molar-refractivity contribution is 5.70. The van der Waals surface area contributed by atoms with E-state index in [0.717, 1.165) is 70.6 Å². The number of carbonyl (C=O) groups excluding carboxylic acids is 2. The van der Waals surface area contributed by atoms with Gasteiger partial charge in [0.25, 0.3) is 0 Å². The number of carbonyl (C=O) groups is 2. The van der Waals surface area contributed by atoms with Gasteiger partial charge in [-0.05, 0) is 83.5 Å². The van der Waals surface area contributed by atoms with Crippen molar-refractivity contribution in [3.05, 3.63) is 72.9 Å². The molecule has 5 nitrogen and oxygen atoms in total. The molecule has 0 heterocycles. The van der Waals surface area contributed by atoms with Gasteiger partial charge in [-0.2, -0.15) is 0 Å². The van der Waals surface area contributed by atoms with Gasteiger partial charge in [0, 0.05) is 12.8 Å². The average molecular weight is 753 g/mol. The Hall–Kier alpha value is -2.66. The predicted octanol–water partition coefficient (Wildman–Crippen LogP) is 14.5. The van der Waals surface area contributed by atoms with Gasteiger partial charge < -0.3 is 14.6 Å². The third-order valence-electron chi connectivity index (χ3n) is 9.48. The van der Waals surface area contributed by atoms with Crippen LogP contribution in [-0.2, 0) is 19.1 Å². The van der Waals surface area contributed by atoms with E-state index in [-0.39, 0.29) is 25.2 Å².